The lowest BCUT2D eigenvalue weighted by molar-refractivity contribution is -0.137. The standard InChI is InChI=1S/C21H16F3N3O4S2/c22-21(23,24)15-4-1-12(2-5-15)13-3-6-16-14(11-13)9-10-27(16)33(30,31)18-8-7-17(32-18)19(25)26-20(28)29/h1-8,11H,9-10H2,(H2,25,26)(H,28,29). The van der Waals surface area contributed by atoms with Crippen molar-refractivity contribution < 1.29 is 31.5 Å². The summed E-state index contributed by atoms with van der Waals surface area (Å²) in [6.07, 6.45) is -5.47. The van der Waals surface area contributed by atoms with E-state index in [1.807, 2.05) is 0 Å². The Morgan fingerprint density at radius 1 is 1.06 bits per heavy atom. The number of hydrogen-bond donors (Lipinski definition) is 2. The molecule has 2 heterocycles. The van der Waals surface area contributed by atoms with Crippen LogP contribution in [0.2, 0.25) is 0 Å². The van der Waals surface area contributed by atoms with Crippen molar-refractivity contribution in [3.8, 4) is 11.1 Å². The van der Waals surface area contributed by atoms with Gasteiger partial charge in [0.1, 0.15) is 10.0 Å². The molecular formula is C21H16F3N3O4S2. The molecule has 0 unspecified atom stereocenters. The summed E-state index contributed by atoms with van der Waals surface area (Å²) in [6, 6.07) is 12.6. The predicted molar refractivity (Wildman–Crippen MR) is 118 cm³/mol. The van der Waals surface area contributed by atoms with Crippen molar-refractivity contribution in [3.05, 3.63) is 70.6 Å². The summed E-state index contributed by atoms with van der Waals surface area (Å²) in [5, 5.41) is 8.71. The number of benzene rings is 2. The summed E-state index contributed by atoms with van der Waals surface area (Å²) in [4.78, 5) is 14.1. The molecule has 1 aliphatic heterocycles. The Balaban J connectivity index is 1.61. The number of thiophene rings is 1. The van der Waals surface area contributed by atoms with Crippen LogP contribution in [0.3, 0.4) is 0 Å². The average molecular weight is 496 g/mol. The SMILES string of the molecule is NC(=NC(=O)O)c1ccc(S(=O)(=O)N2CCc3cc(-c4ccc(C(F)(F)F)cc4)ccc32)s1. The quantitative estimate of drug-likeness (QED) is 0.407. The van der Waals surface area contributed by atoms with Gasteiger partial charge in [-0.1, -0.05) is 18.2 Å². The Kier molecular flexibility index (Phi) is 5.66. The van der Waals surface area contributed by atoms with Crippen molar-refractivity contribution in [2.45, 2.75) is 16.8 Å². The highest BCUT2D eigenvalue weighted by atomic mass is 32.2. The molecule has 0 fully saturated rings. The third kappa shape index (κ3) is 4.44. The molecule has 172 valence electrons. The first-order chi connectivity index (χ1) is 15.5. The third-order valence-corrected chi connectivity index (χ3v) is 8.46. The smallest absolute Gasteiger partial charge is 0.433 e. The van der Waals surface area contributed by atoms with Crippen LogP contribution in [0.5, 0.6) is 0 Å². The summed E-state index contributed by atoms with van der Waals surface area (Å²) in [5.74, 6) is -0.294. The number of carbonyl (C=O) groups is 1. The normalized spacial score (nSPS) is 14.4. The van der Waals surface area contributed by atoms with Gasteiger partial charge in [0.15, 0.2) is 0 Å². The summed E-state index contributed by atoms with van der Waals surface area (Å²) in [5.41, 5.74) is 7.35. The number of fused-ring (bicyclic) bond motifs is 1. The minimum absolute atomic E-state index is 0.0132. The topological polar surface area (TPSA) is 113 Å². The number of nitrogens with zero attached hydrogens (tertiary/aromatic N) is 2. The van der Waals surface area contributed by atoms with Gasteiger partial charge in [0, 0.05) is 6.54 Å². The van der Waals surface area contributed by atoms with Gasteiger partial charge in [-0.15, -0.1) is 11.3 Å². The fourth-order valence-corrected chi connectivity index (χ4v) is 6.34. The summed E-state index contributed by atoms with van der Waals surface area (Å²) in [7, 11) is -3.92. The van der Waals surface area contributed by atoms with Crippen molar-refractivity contribution in [1.29, 1.82) is 0 Å². The monoisotopic (exact) mass is 495 g/mol. The van der Waals surface area contributed by atoms with E-state index in [1.54, 1.807) is 18.2 Å². The molecule has 2 aromatic carbocycles. The number of anilines is 1. The molecule has 3 aromatic rings. The molecule has 0 spiro atoms. The highest BCUT2D eigenvalue weighted by Crippen LogP contribution is 2.38. The van der Waals surface area contributed by atoms with Gasteiger partial charge in [-0.2, -0.15) is 18.2 Å². The molecule has 0 saturated carbocycles. The zero-order valence-electron chi connectivity index (χ0n) is 16.7. The fourth-order valence-electron chi connectivity index (χ4n) is 3.52. The molecule has 3 N–H and O–H groups in total. The van der Waals surface area contributed by atoms with Crippen molar-refractivity contribution >= 4 is 39.0 Å². The average Bonchev–Trinajstić information content (AvgIpc) is 3.40. The molecule has 1 aliphatic rings. The van der Waals surface area contributed by atoms with E-state index in [2.05, 4.69) is 4.99 Å². The van der Waals surface area contributed by atoms with Crippen LogP contribution in [0.15, 0.2) is 63.8 Å². The minimum atomic E-state index is -4.42. The van der Waals surface area contributed by atoms with Crippen molar-refractivity contribution in [1.82, 2.24) is 0 Å². The highest BCUT2D eigenvalue weighted by Gasteiger charge is 2.33. The number of halogens is 3. The lowest BCUT2D eigenvalue weighted by Gasteiger charge is -2.18. The second kappa shape index (κ2) is 8.19. The second-order valence-electron chi connectivity index (χ2n) is 7.14. The highest BCUT2D eigenvalue weighted by molar-refractivity contribution is 7.94. The molecule has 0 saturated heterocycles. The van der Waals surface area contributed by atoms with Crippen LogP contribution >= 0.6 is 11.3 Å². The van der Waals surface area contributed by atoms with E-state index in [9.17, 15) is 26.4 Å². The van der Waals surface area contributed by atoms with Gasteiger partial charge in [-0.3, -0.25) is 4.31 Å². The van der Waals surface area contributed by atoms with Crippen LogP contribution in [-0.2, 0) is 22.6 Å². The van der Waals surface area contributed by atoms with Crippen LogP contribution in [0.4, 0.5) is 23.7 Å². The van der Waals surface area contributed by atoms with Crippen LogP contribution in [0.1, 0.15) is 16.0 Å². The van der Waals surface area contributed by atoms with E-state index >= 15 is 0 Å². The number of nitrogens with two attached hydrogens (primary N) is 1. The first-order valence-electron chi connectivity index (χ1n) is 9.47. The number of amides is 1. The van der Waals surface area contributed by atoms with Gasteiger partial charge in [0.25, 0.3) is 10.0 Å². The molecular weight excluding hydrogens is 479 g/mol. The molecule has 1 aromatic heterocycles. The van der Waals surface area contributed by atoms with E-state index in [4.69, 9.17) is 10.8 Å². The Hall–Kier alpha value is -3.38. The van der Waals surface area contributed by atoms with Gasteiger partial charge in [0.2, 0.25) is 0 Å². The van der Waals surface area contributed by atoms with E-state index in [-0.39, 0.29) is 21.5 Å². The Morgan fingerprint density at radius 3 is 2.36 bits per heavy atom. The largest absolute Gasteiger partial charge is 0.463 e. The number of carboxylic acid groups (broad SMARTS) is 1. The number of amidine groups is 1. The van der Waals surface area contributed by atoms with E-state index in [0.29, 0.717) is 23.2 Å². The zero-order chi connectivity index (χ0) is 24.0. The Morgan fingerprint density at radius 2 is 1.73 bits per heavy atom. The summed E-state index contributed by atoms with van der Waals surface area (Å²) < 4.78 is 66.0. The number of hydrogen-bond acceptors (Lipinski definition) is 4. The molecule has 0 atom stereocenters. The van der Waals surface area contributed by atoms with Gasteiger partial charge < -0.3 is 10.8 Å². The van der Waals surface area contributed by atoms with Crippen LogP contribution in [0.25, 0.3) is 11.1 Å². The molecule has 33 heavy (non-hydrogen) atoms. The minimum Gasteiger partial charge on any atom is -0.463 e. The maximum Gasteiger partial charge on any atom is 0.433 e. The fraction of sp³-hybridized carbons (Fsp3) is 0.143. The van der Waals surface area contributed by atoms with Crippen LogP contribution in [-0.4, -0.2) is 32.0 Å². The van der Waals surface area contributed by atoms with E-state index in [0.717, 1.165) is 29.0 Å². The maximum atomic E-state index is 13.2. The van der Waals surface area contributed by atoms with Crippen LogP contribution in [0, 0.1) is 0 Å². The molecule has 12 heteroatoms. The Bertz CT molecular complexity index is 1360. The van der Waals surface area contributed by atoms with Crippen molar-refractivity contribution in [2.75, 3.05) is 10.8 Å². The third-order valence-electron chi connectivity index (χ3n) is 5.07. The van der Waals surface area contributed by atoms with Crippen molar-refractivity contribution in [3.63, 3.8) is 0 Å². The molecule has 0 bridgehead atoms. The number of sulfonamides is 1. The molecule has 0 aliphatic carbocycles. The molecule has 7 nitrogen and oxygen atoms in total. The zero-order valence-corrected chi connectivity index (χ0v) is 18.3. The number of aliphatic imine (C=N–C) groups is 1. The van der Waals surface area contributed by atoms with Gasteiger partial charge >= 0.3 is 12.3 Å². The van der Waals surface area contributed by atoms with Gasteiger partial charge in [0.05, 0.1) is 16.1 Å². The number of rotatable bonds is 4. The first-order valence-corrected chi connectivity index (χ1v) is 11.7. The Labute approximate surface area is 190 Å². The summed E-state index contributed by atoms with van der Waals surface area (Å²) in [6.45, 7) is 0.195. The van der Waals surface area contributed by atoms with E-state index in [1.165, 1.54) is 28.6 Å². The lowest BCUT2D eigenvalue weighted by atomic mass is 10.0. The first kappa shape index (κ1) is 22.8. The molecule has 4 rings (SSSR count). The number of alkyl halides is 3. The molecule has 0 radical (unpaired) electrons. The van der Waals surface area contributed by atoms with E-state index < -0.39 is 27.9 Å². The van der Waals surface area contributed by atoms with Gasteiger partial charge in [-0.25, -0.2) is 13.2 Å². The van der Waals surface area contributed by atoms with Gasteiger partial charge in [-0.05, 0) is 59.5 Å². The second-order valence-corrected chi connectivity index (χ2v) is 10.3. The maximum absolute atomic E-state index is 13.2. The van der Waals surface area contributed by atoms with Crippen LogP contribution < -0.4 is 10.0 Å². The summed E-state index contributed by atoms with van der Waals surface area (Å²) >= 11 is 0.814. The van der Waals surface area contributed by atoms with Crippen molar-refractivity contribution in [2.24, 2.45) is 10.7 Å². The molecule has 1 amide bonds. The predicted octanol–water partition coefficient (Wildman–Crippen LogP) is 4.57. The lowest BCUT2D eigenvalue weighted by Crippen LogP contribution is -2.28.